The van der Waals surface area contributed by atoms with Gasteiger partial charge in [-0.3, -0.25) is 9.59 Å². The summed E-state index contributed by atoms with van der Waals surface area (Å²) in [5.41, 5.74) is 6.48. The normalized spacial score (nSPS) is 18.5. The molecule has 0 bridgehead atoms. The molecule has 1 aliphatic heterocycles. The number of halogens is 3. The Morgan fingerprint density at radius 1 is 1.07 bits per heavy atom. The Labute approximate surface area is 184 Å². The SMILES string of the molecule is Cl.Cl.NC1(C(=O)NCC(=O)N2CCN(c3cccc(Cl)c3)CC2)CCCCC1. The molecule has 0 atom stereocenters. The van der Waals surface area contributed by atoms with E-state index in [2.05, 4.69) is 10.2 Å². The smallest absolute Gasteiger partial charge is 0.242 e. The number of carbonyl (C=O) groups excluding carboxylic acids is 2. The number of hydrogen-bond donors (Lipinski definition) is 2. The average molecular weight is 452 g/mol. The lowest BCUT2D eigenvalue weighted by Gasteiger charge is -2.36. The highest BCUT2D eigenvalue weighted by Crippen LogP contribution is 2.26. The van der Waals surface area contributed by atoms with Crippen LogP contribution in [0, 0.1) is 0 Å². The molecule has 1 heterocycles. The molecule has 1 aliphatic carbocycles. The molecule has 6 nitrogen and oxygen atoms in total. The molecule has 2 fully saturated rings. The summed E-state index contributed by atoms with van der Waals surface area (Å²) in [7, 11) is 0. The van der Waals surface area contributed by atoms with Crippen molar-refractivity contribution in [2.75, 3.05) is 37.6 Å². The van der Waals surface area contributed by atoms with Gasteiger partial charge in [0.05, 0.1) is 12.1 Å². The summed E-state index contributed by atoms with van der Waals surface area (Å²) >= 11 is 6.05. The van der Waals surface area contributed by atoms with Crippen LogP contribution in [-0.2, 0) is 9.59 Å². The highest BCUT2D eigenvalue weighted by atomic mass is 35.5. The zero-order valence-corrected chi connectivity index (χ0v) is 18.3. The van der Waals surface area contributed by atoms with Gasteiger partial charge < -0.3 is 20.9 Å². The lowest BCUT2D eigenvalue weighted by molar-refractivity contribution is -0.135. The number of benzene rings is 1. The van der Waals surface area contributed by atoms with E-state index in [-0.39, 0.29) is 43.2 Å². The maximum Gasteiger partial charge on any atom is 0.242 e. The molecule has 1 saturated carbocycles. The first-order chi connectivity index (χ1) is 12.5. The Balaban J connectivity index is 0.00000196. The summed E-state index contributed by atoms with van der Waals surface area (Å²) in [5.74, 6) is -0.244. The van der Waals surface area contributed by atoms with Crippen LogP contribution in [0.25, 0.3) is 0 Å². The highest BCUT2D eigenvalue weighted by molar-refractivity contribution is 6.30. The van der Waals surface area contributed by atoms with Gasteiger partial charge in [0, 0.05) is 36.9 Å². The average Bonchev–Trinajstić information content (AvgIpc) is 2.66. The molecule has 1 aromatic rings. The molecular weight excluding hydrogens is 423 g/mol. The minimum atomic E-state index is -0.802. The van der Waals surface area contributed by atoms with E-state index in [0.29, 0.717) is 31.0 Å². The maximum atomic E-state index is 12.4. The first-order valence-corrected chi connectivity index (χ1v) is 9.71. The summed E-state index contributed by atoms with van der Waals surface area (Å²) in [6.07, 6.45) is 4.48. The van der Waals surface area contributed by atoms with Crippen molar-refractivity contribution >= 4 is 53.9 Å². The summed E-state index contributed by atoms with van der Waals surface area (Å²) in [5, 5.41) is 3.46. The first kappa shape index (κ1) is 24.8. The van der Waals surface area contributed by atoms with E-state index in [9.17, 15) is 9.59 Å². The van der Waals surface area contributed by atoms with Crippen LogP contribution >= 0.6 is 36.4 Å². The number of hydrogen-bond acceptors (Lipinski definition) is 4. The molecular formula is C19H29Cl3N4O2. The van der Waals surface area contributed by atoms with E-state index in [1.807, 2.05) is 24.3 Å². The van der Waals surface area contributed by atoms with Crippen molar-refractivity contribution in [3.05, 3.63) is 29.3 Å². The number of nitrogens with two attached hydrogens (primary N) is 1. The largest absolute Gasteiger partial charge is 0.368 e. The monoisotopic (exact) mass is 450 g/mol. The molecule has 1 saturated heterocycles. The Morgan fingerprint density at radius 2 is 1.71 bits per heavy atom. The van der Waals surface area contributed by atoms with Gasteiger partial charge in [0.25, 0.3) is 0 Å². The third kappa shape index (κ3) is 6.14. The first-order valence-electron chi connectivity index (χ1n) is 9.33. The van der Waals surface area contributed by atoms with Gasteiger partial charge in [-0.2, -0.15) is 0 Å². The second kappa shape index (κ2) is 11.1. The van der Waals surface area contributed by atoms with Gasteiger partial charge in [-0.25, -0.2) is 0 Å². The highest BCUT2D eigenvalue weighted by Gasteiger charge is 2.35. The van der Waals surface area contributed by atoms with Crippen molar-refractivity contribution in [3.63, 3.8) is 0 Å². The van der Waals surface area contributed by atoms with Crippen LogP contribution in [0.2, 0.25) is 5.02 Å². The van der Waals surface area contributed by atoms with E-state index in [1.165, 1.54) is 0 Å². The lowest BCUT2D eigenvalue weighted by Crippen LogP contribution is -2.57. The Hall–Kier alpha value is -1.21. The molecule has 158 valence electrons. The third-order valence-corrected chi connectivity index (χ3v) is 5.64. The lowest BCUT2D eigenvalue weighted by atomic mass is 9.82. The number of nitrogens with zero attached hydrogens (tertiary/aromatic N) is 2. The van der Waals surface area contributed by atoms with Crippen LogP contribution in [0.4, 0.5) is 5.69 Å². The molecule has 2 amide bonds. The number of amides is 2. The number of anilines is 1. The molecule has 28 heavy (non-hydrogen) atoms. The van der Waals surface area contributed by atoms with Gasteiger partial charge in [-0.05, 0) is 31.0 Å². The van der Waals surface area contributed by atoms with Crippen molar-refractivity contribution in [1.29, 1.82) is 0 Å². The molecule has 0 radical (unpaired) electrons. The van der Waals surface area contributed by atoms with E-state index in [0.717, 1.165) is 38.0 Å². The summed E-state index contributed by atoms with van der Waals surface area (Å²) in [6, 6.07) is 7.74. The predicted octanol–water partition coefficient (Wildman–Crippen LogP) is 2.61. The van der Waals surface area contributed by atoms with Crippen LogP contribution < -0.4 is 16.0 Å². The number of nitrogens with one attached hydrogen (secondary N) is 1. The fourth-order valence-corrected chi connectivity index (χ4v) is 3.92. The van der Waals surface area contributed by atoms with Crippen molar-refractivity contribution < 1.29 is 9.59 Å². The van der Waals surface area contributed by atoms with Gasteiger partial charge in [0.15, 0.2) is 0 Å². The van der Waals surface area contributed by atoms with Crippen LogP contribution in [0.5, 0.6) is 0 Å². The van der Waals surface area contributed by atoms with Crippen molar-refractivity contribution in [2.24, 2.45) is 5.73 Å². The Kier molecular flexibility index (Phi) is 9.84. The molecule has 0 aromatic heterocycles. The number of carbonyl (C=O) groups is 2. The molecule has 0 unspecified atom stereocenters. The van der Waals surface area contributed by atoms with Crippen LogP contribution in [-0.4, -0.2) is 55.0 Å². The minimum Gasteiger partial charge on any atom is -0.368 e. The fourth-order valence-electron chi connectivity index (χ4n) is 3.74. The van der Waals surface area contributed by atoms with Crippen LogP contribution in [0.15, 0.2) is 24.3 Å². The van der Waals surface area contributed by atoms with Gasteiger partial charge in [-0.15, -0.1) is 24.8 Å². The van der Waals surface area contributed by atoms with Crippen molar-refractivity contribution in [2.45, 2.75) is 37.6 Å². The summed E-state index contributed by atoms with van der Waals surface area (Å²) in [6.45, 7) is 2.79. The predicted molar refractivity (Wildman–Crippen MR) is 118 cm³/mol. The Bertz CT molecular complexity index is 660. The summed E-state index contributed by atoms with van der Waals surface area (Å²) in [4.78, 5) is 28.8. The third-order valence-electron chi connectivity index (χ3n) is 5.40. The second-order valence-corrected chi connectivity index (χ2v) is 7.68. The standard InChI is InChI=1S/C19H27ClN4O2.2ClH/c20-15-5-4-6-16(13-15)23-9-11-24(12-10-23)17(25)14-22-18(26)19(21)7-2-1-3-8-19;;/h4-6,13H,1-3,7-12,14,21H2,(H,22,26);2*1H. The fraction of sp³-hybridized carbons (Fsp3) is 0.579. The number of rotatable bonds is 4. The van der Waals surface area contributed by atoms with Gasteiger partial charge >= 0.3 is 0 Å². The van der Waals surface area contributed by atoms with Crippen molar-refractivity contribution in [3.8, 4) is 0 Å². The Morgan fingerprint density at radius 3 is 2.32 bits per heavy atom. The second-order valence-electron chi connectivity index (χ2n) is 7.25. The number of piperazine rings is 1. The summed E-state index contributed by atoms with van der Waals surface area (Å²) < 4.78 is 0. The topological polar surface area (TPSA) is 78.7 Å². The molecule has 2 aliphatic rings. The molecule has 3 N–H and O–H groups in total. The molecule has 1 aromatic carbocycles. The van der Waals surface area contributed by atoms with E-state index in [4.69, 9.17) is 17.3 Å². The zero-order chi connectivity index (χ0) is 18.6. The van der Waals surface area contributed by atoms with Crippen LogP contribution in [0.3, 0.4) is 0 Å². The zero-order valence-electron chi connectivity index (χ0n) is 15.9. The molecule has 3 rings (SSSR count). The van der Waals surface area contributed by atoms with E-state index in [1.54, 1.807) is 4.90 Å². The molecule has 9 heteroatoms. The maximum absolute atomic E-state index is 12.4. The van der Waals surface area contributed by atoms with E-state index >= 15 is 0 Å². The van der Waals surface area contributed by atoms with Crippen molar-refractivity contribution in [1.82, 2.24) is 10.2 Å². The van der Waals surface area contributed by atoms with Gasteiger partial charge in [0.1, 0.15) is 0 Å². The van der Waals surface area contributed by atoms with E-state index < -0.39 is 5.54 Å². The van der Waals surface area contributed by atoms with Gasteiger partial charge in [-0.1, -0.05) is 36.9 Å². The molecule has 0 spiro atoms. The quantitative estimate of drug-likeness (QED) is 0.737. The van der Waals surface area contributed by atoms with Crippen LogP contribution in [0.1, 0.15) is 32.1 Å². The van der Waals surface area contributed by atoms with Gasteiger partial charge in [0.2, 0.25) is 11.8 Å². The minimum absolute atomic E-state index is 0.